The Balaban J connectivity index is 1.81. The van der Waals surface area contributed by atoms with E-state index in [1.165, 1.54) is 64.8 Å². The van der Waals surface area contributed by atoms with E-state index in [0.29, 0.717) is 0 Å². The van der Waals surface area contributed by atoms with Gasteiger partial charge < -0.3 is 10.2 Å². The molecule has 4 atom stereocenters. The van der Waals surface area contributed by atoms with Crippen LogP contribution < -0.4 is 5.32 Å². The molecule has 3 aliphatic rings. The Morgan fingerprint density at radius 3 is 3.12 bits per heavy atom. The minimum absolute atomic E-state index is 0.730. The molecule has 0 saturated carbocycles. The van der Waals surface area contributed by atoms with Crippen LogP contribution in [0.15, 0.2) is 0 Å². The molecule has 4 unspecified atom stereocenters. The molecule has 3 rings (SSSR count). The summed E-state index contributed by atoms with van der Waals surface area (Å²) < 4.78 is 0. The van der Waals surface area contributed by atoms with Crippen molar-refractivity contribution >= 4 is 0 Å². The first-order valence-electron chi connectivity index (χ1n) is 7.28. The Morgan fingerprint density at radius 2 is 2.25 bits per heavy atom. The van der Waals surface area contributed by atoms with Gasteiger partial charge in [-0.25, -0.2) is 0 Å². The van der Waals surface area contributed by atoms with Crippen LogP contribution in [0, 0.1) is 17.3 Å². The van der Waals surface area contributed by atoms with Crippen molar-refractivity contribution in [3.8, 4) is 0 Å². The lowest BCUT2D eigenvalue weighted by Gasteiger charge is -2.51. The van der Waals surface area contributed by atoms with Crippen LogP contribution in [0.5, 0.6) is 0 Å². The third-order valence-electron chi connectivity index (χ3n) is 5.59. The molecule has 0 aromatic rings. The van der Waals surface area contributed by atoms with E-state index in [1.807, 2.05) is 0 Å². The van der Waals surface area contributed by atoms with Gasteiger partial charge in [0.15, 0.2) is 0 Å². The van der Waals surface area contributed by atoms with Crippen LogP contribution in [-0.2, 0) is 0 Å². The summed E-state index contributed by atoms with van der Waals surface area (Å²) in [5.74, 6) is 2.00. The number of piperidine rings is 2. The molecule has 2 nitrogen and oxygen atoms in total. The van der Waals surface area contributed by atoms with Gasteiger partial charge in [-0.15, -0.1) is 0 Å². The van der Waals surface area contributed by atoms with Crippen molar-refractivity contribution in [1.82, 2.24) is 10.2 Å². The van der Waals surface area contributed by atoms with Gasteiger partial charge in [-0.3, -0.25) is 0 Å². The van der Waals surface area contributed by atoms with Crippen molar-refractivity contribution in [1.29, 1.82) is 0 Å². The molecular weight excluding hydrogens is 196 g/mol. The van der Waals surface area contributed by atoms with E-state index in [4.69, 9.17) is 0 Å². The average Bonchev–Trinajstić information content (AvgIpc) is 2.72. The maximum Gasteiger partial charge on any atom is 0.00156 e. The molecule has 0 aliphatic carbocycles. The van der Waals surface area contributed by atoms with Crippen LogP contribution in [-0.4, -0.2) is 37.6 Å². The number of hydrogen-bond donors (Lipinski definition) is 1. The zero-order chi connectivity index (χ0) is 11.0. The smallest absolute Gasteiger partial charge is 0.00156 e. The lowest BCUT2D eigenvalue weighted by atomic mass is 9.59. The largest absolute Gasteiger partial charge is 0.316 e. The van der Waals surface area contributed by atoms with Crippen LogP contribution >= 0.6 is 0 Å². The normalized spacial score (nSPS) is 47.4. The first-order valence-corrected chi connectivity index (χ1v) is 7.28. The minimum Gasteiger partial charge on any atom is -0.316 e. The standard InChI is InChI=1S/C14H26N2/c1-2-3-12-10-15-7-5-14(12)6-9-16-8-4-13(14)11-16/h12-13,15H,2-11H2,1H3. The summed E-state index contributed by atoms with van der Waals surface area (Å²) in [6.45, 7) is 9.11. The zero-order valence-corrected chi connectivity index (χ0v) is 10.7. The molecule has 3 fully saturated rings. The Kier molecular flexibility index (Phi) is 2.97. The first kappa shape index (κ1) is 11.0. The van der Waals surface area contributed by atoms with Crippen molar-refractivity contribution in [3.05, 3.63) is 0 Å². The van der Waals surface area contributed by atoms with E-state index in [0.717, 1.165) is 17.3 Å². The topological polar surface area (TPSA) is 15.3 Å². The lowest BCUT2D eigenvalue weighted by Crippen LogP contribution is -2.53. The van der Waals surface area contributed by atoms with Gasteiger partial charge in [0.05, 0.1) is 0 Å². The molecular formula is C14H26N2. The summed E-state index contributed by atoms with van der Waals surface area (Å²) in [7, 11) is 0. The number of fused-ring (bicyclic) bond motifs is 3. The van der Waals surface area contributed by atoms with Gasteiger partial charge in [0, 0.05) is 6.54 Å². The lowest BCUT2D eigenvalue weighted by molar-refractivity contribution is -0.00497. The van der Waals surface area contributed by atoms with Gasteiger partial charge in [-0.05, 0) is 69.1 Å². The molecule has 1 N–H and O–H groups in total. The fraction of sp³-hybridized carbons (Fsp3) is 1.00. The average molecular weight is 222 g/mol. The van der Waals surface area contributed by atoms with Gasteiger partial charge in [0.1, 0.15) is 0 Å². The summed E-state index contributed by atoms with van der Waals surface area (Å²) in [4.78, 5) is 2.70. The van der Waals surface area contributed by atoms with E-state index < -0.39 is 0 Å². The molecule has 0 aromatic carbocycles. The highest BCUT2D eigenvalue weighted by Crippen LogP contribution is 2.52. The van der Waals surface area contributed by atoms with Gasteiger partial charge in [-0.2, -0.15) is 0 Å². The summed E-state index contributed by atoms with van der Waals surface area (Å²) in [5.41, 5.74) is 0.730. The highest BCUT2D eigenvalue weighted by Gasteiger charge is 2.50. The van der Waals surface area contributed by atoms with E-state index in [2.05, 4.69) is 17.1 Å². The van der Waals surface area contributed by atoms with Crippen LogP contribution in [0.2, 0.25) is 0 Å². The van der Waals surface area contributed by atoms with E-state index >= 15 is 0 Å². The van der Waals surface area contributed by atoms with E-state index in [9.17, 15) is 0 Å². The van der Waals surface area contributed by atoms with Gasteiger partial charge in [0.2, 0.25) is 0 Å². The number of rotatable bonds is 2. The fourth-order valence-electron chi connectivity index (χ4n) is 4.68. The molecule has 3 saturated heterocycles. The summed E-state index contributed by atoms with van der Waals surface area (Å²) >= 11 is 0. The quantitative estimate of drug-likeness (QED) is 0.770. The van der Waals surface area contributed by atoms with Crippen LogP contribution in [0.25, 0.3) is 0 Å². The zero-order valence-electron chi connectivity index (χ0n) is 10.7. The SMILES string of the molecule is CCCC1CNCCC12CCN1CCC2C1. The molecule has 92 valence electrons. The molecule has 2 heteroatoms. The molecule has 1 spiro atoms. The summed E-state index contributed by atoms with van der Waals surface area (Å²) in [5, 5.41) is 3.64. The van der Waals surface area contributed by atoms with Crippen molar-refractivity contribution in [2.75, 3.05) is 32.7 Å². The van der Waals surface area contributed by atoms with Crippen LogP contribution in [0.4, 0.5) is 0 Å². The third-order valence-corrected chi connectivity index (χ3v) is 5.59. The molecule has 3 heterocycles. The van der Waals surface area contributed by atoms with Crippen LogP contribution in [0.1, 0.15) is 39.0 Å². The maximum atomic E-state index is 3.64. The highest BCUT2D eigenvalue weighted by atomic mass is 15.2. The van der Waals surface area contributed by atoms with Gasteiger partial charge in [0.25, 0.3) is 0 Å². The Labute approximate surface area is 99.8 Å². The number of nitrogens with zero attached hydrogens (tertiary/aromatic N) is 1. The van der Waals surface area contributed by atoms with Gasteiger partial charge >= 0.3 is 0 Å². The molecule has 2 bridgehead atoms. The molecule has 0 amide bonds. The van der Waals surface area contributed by atoms with Crippen LogP contribution in [0.3, 0.4) is 0 Å². The highest BCUT2D eigenvalue weighted by molar-refractivity contribution is 5.02. The second-order valence-corrected chi connectivity index (χ2v) is 6.21. The Bertz CT molecular complexity index is 251. The first-order chi connectivity index (χ1) is 7.85. The maximum absolute atomic E-state index is 3.64. The number of nitrogens with one attached hydrogen (secondary N) is 1. The van der Waals surface area contributed by atoms with E-state index in [-0.39, 0.29) is 0 Å². The minimum atomic E-state index is 0.730. The predicted octanol–water partition coefficient (Wildman–Crippen LogP) is 2.11. The van der Waals surface area contributed by atoms with Crippen molar-refractivity contribution < 1.29 is 0 Å². The second kappa shape index (κ2) is 4.30. The monoisotopic (exact) mass is 222 g/mol. The van der Waals surface area contributed by atoms with Crippen molar-refractivity contribution in [2.24, 2.45) is 17.3 Å². The second-order valence-electron chi connectivity index (χ2n) is 6.21. The molecule has 3 aliphatic heterocycles. The molecule has 0 radical (unpaired) electrons. The fourth-order valence-corrected chi connectivity index (χ4v) is 4.68. The van der Waals surface area contributed by atoms with E-state index in [1.54, 1.807) is 0 Å². The molecule has 0 aromatic heterocycles. The predicted molar refractivity (Wildman–Crippen MR) is 67.5 cm³/mol. The number of hydrogen-bond acceptors (Lipinski definition) is 2. The summed E-state index contributed by atoms with van der Waals surface area (Å²) in [6, 6.07) is 0. The van der Waals surface area contributed by atoms with Gasteiger partial charge in [-0.1, -0.05) is 13.3 Å². The van der Waals surface area contributed by atoms with Crippen molar-refractivity contribution in [2.45, 2.75) is 39.0 Å². The third kappa shape index (κ3) is 1.62. The Hall–Kier alpha value is -0.0800. The Morgan fingerprint density at radius 1 is 1.31 bits per heavy atom. The molecule has 16 heavy (non-hydrogen) atoms. The summed E-state index contributed by atoms with van der Waals surface area (Å²) in [6.07, 6.45) is 7.24. The van der Waals surface area contributed by atoms with Crippen molar-refractivity contribution in [3.63, 3.8) is 0 Å².